The van der Waals surface area contributed by atoms with Crippen LogP contribution in [0.25, 0.3) is 11.3 Å². The summed E-state index contributed by atoms with van der Waals surface area (Å²) in [7, 11) is 0. The first-order valence-electron chi connectivity index (χ1n) is 10.8. The molecule has 0 radical (unpaired) electrons. The van der Waals surface area contributed by atoms with Crippen LogP contribution in [0.4, 0.5) is 5.13 Å². The number of anilines is 1. The highest BCUT2D eigenvalue weighted by atomic mass is 32.1. The fourth-order valence-corrected chi connectivity index (χ4v) is 4.81. The number of aliphatic hydroxyl groups is 1. The number of nitrogens with one attached hydrogen (secondary N) is 1. The van der Waals surface area contributed by atoms with Gasteiger partial charge in [0.2, 0.25) is 5.91 Å². The highest BCUT2D eigenvalue weighted by molar-refractivity contribution is 7.14. The second-order valence-corrected chi connectivity index (χ2v) is 9.21. The van der Waals surface area contributed by atoms with Crippen LogP contribution in [0.15, 0.2) is 53.9 Å². The monoisotopic (exact) mass is 435 g/mol. The molecular formula is C25H29N3O2S. The number of amides is 1. The van der Waals surface area contributed by atoms with Gasteiger partial charge < -0.3 is 10.4 Å². The first-order valence-corrected chi connectivity index (χ1v) is 11.7. The minimum atomic E-state index is -0.434. The zero-order valence-electron chi connectivity index (χ0n) is 18.0. The van der Waals surface area contributed by atoms with Crippen LogP contribution in [-0.2, 0) is 4.79 Å². The van der Waals surface area contributed by atoms with Crippen molar-refractivity contribution < 1.29 is 9.90 Å². The fourth-order valence-electron chi connectivity index (χ4n) is 4.08. The normalized spacial score (nSPS) is 16.2. The lowest BCUT2D eigenvalue weighted by atomic mass is 9.87. The second-order valence-electron chi connectivity index (χ2n) is 8.35. The molecule has 2 N–H and O–H groups in total. The van der Waals surface area contributed by atoms with Crippen LogP contribution in [-0.4, -0.2) is 40.5 Å². The van der Waals surface area contributed by atoms with E-state index in [1.165, 1.54) is 22.5 Å². The molecule has 1 fully saturated rings. The summed E-state index contributed by atoms with van der Waals surface area (Å²) in [6, 6.07) is 16.1. The molecule has 0 saturated carbocycles. The van der Waals surface area contributed by atoms with Gasteiger partial charge in [0.25, 0.3) is 0 Å². The van der Waals surface area contributed by atoms with Crippen molar-refractivity contribution in [1.82, 2.24) is 9.88 Å². The van der Waals surface area contributed by atoms with Crippen molar-refractivity contribution in [3.8, 4) is 11.3 Å². The number of carbonyl (C=O) groups is 1. The first-order chi connectivity index (χ1) is 15.0. The van der Waals surface area contributed by atoms with Crippen LogP contribution >= 0.6 is 11.3 Å². The van der Waals surface area contributed by atoms with Gasteiger partial charge in [0.1, 0.15) is 0 Å². The zero-order chi connectivity index (χ0) is 21.8. The number of nitrogens with zero attached hydrogens (tertiary/aromatic N) is 2. The van der Waals surface area contributed by atoms with Crippen LogP contribution < -0.4 is 5.32 Å². The molecule has 162 valence electrons. The van der Waals surface area contributed by atoms with Gasteiger partial charge in [0, 0.05) is 10.9 Å². The number of aromatic nitrogens is 1. The van der Waals surface area contributed by atoms with Crippen molar-refractivity contribution in [2.45, 2.75) is 32.8 Å². The number of piperidine rings is 1. The summed E-state index contributed by atoms with van der Waals surface area (Å²) in [4.78, 5) is 19.3. The van der Waals surface area contributed by atoms with Gasteiger partial charge in [-0.05, 0) is 68.5 Å². The molecule has 0 aliphatic carbocycles. The van der Waals surface area contributed by atoms with Gasteiger partial charge >= 0.3 is 0 Å². The van der Waals surface area contributed by atoms with Crippen LogP contribution in [0.5, 0.6) is 0 Å². The van der Waals surface area contributed by atoms with Crippen molar-refractivity contribution in [2.75, 3.05) is 25.0 Å². The second kappa shape index (κ2) is 9.73. The third kappa shape index (κ3) is 5.39. The quantitative estimate of drug-likeness (QED) is 0.583. The average molecular weight is 436 g/mol. The molecule has 1 unspecified atom stereocenters. The predicted molar refractivity (Wildman–Crippen MR) is 126 cm³/mol. The molecule has 2 aromatic carbocycles. The highest BCUT2D eigenvalue weighted by Crippen LogP contribution is 2.31. The number of thiazole rings is 1. The largest absolute Gasteiger partial charge is 0.388 e. The minimum Gasteiger partial charge on any atom is -0.388 e. The fraction of sp³-hybridized carbons (Fsp3) is 0.360. The van der Waals surface area contributed by atoms with E-state index in [4.69, 9.17) is 0 Å². The Hall–Kier alpha value is -2.54. The summed E-state index contributed by atoms with van der Waals surface area (Å²) in [5, 5.41) is 16.2. The highest BCUT2D eigenvalue weighted by Gasteiger charge is 2.27. The number of hydrogen-bond donors (Lipinski definition) is 2. The van der Waals surface area contributed by atoms with Crippen molar-refractivity contribution in [2.24, 2.45) is 5.92 Å². The molecule has 3 aromatic rings. The Balaban J connectivity index is 1.27. The van der Waals surface area contributed by atoms with E-state index in [1.807, 2.05) is 35.7 Å². The van der Waals surface area contributed by atoms with E-state index in [0.717, 1.165) is 42.8 Å². The van der Waals surface area contributed by atoms with Crippen molar-refractivity contribution in [3.05, 3.63) is 70.6 Å². The molecule has 0 spiro atoms. The lowest BCUT2D eigenvalue weighted by Gasteiger charge is -2.33. The van der Waals surface area contributed by atoms with E-state index >= 15 is 0 Å². The third-order valence-electron chi connectivity index (χ3n) is 6.14. The van der Waals surface area contributed by atoms with Crippen LogP contribution in [0.3, 0.4) is 0 Å². The lowest BCUT2D eigenvalue weighted by Crippen LogP contribution is -2.40. The SMILES string of the molecule is Cc1ccc(-c2csc(NC(=O)CN3CCC(C(O)c4ccccc4)CC3)n2)cc1C. The van der Waals surface area contributed by atoms with Crippen LogP contribution in [0.1, 0.15) is 35.6 Å². The van der Waals surface area contributed by atoms with E-state index in [-0.39, 0.29) is 11.8 Å². The van der Waals surface area contributed by atoms with E-state index in [2.05, 4.69) is 47.2 Å². The Morgan fingerprint density at radius 1 is 1.16 bits per heavy atom. The van der Waals surface area contributed by atoms with E-state index in [0.29, 0.717) is 11.7 Å². The van der Waals surface area contributed by atoms with Gasteiger partial charge in [-0.2, -0.15) is 0 Å². The predicted octanol–water partition coefficient (Wildman–Crippen LogP) is 4.81. The average Bonchev–Trinajstić information content (AvgIpc) is 3.24. The Bertz CT molecular complexity index is 1030. The molecule has 1 aromatic heterocycles. The summed E-state index contributed by atoms with van der Waals surface area (Å²) < 4.78 is 0. The van der Waals surface area contributed by atoms with Crippen LogP contribution in [0, 0.1) is 19.8 Å². The molecule has 4 rings (SSSR count). The smallest absolute Gasteiger partial charge is 0.240 e. The number of aliphatic hydroxyl groups excluding tert-OH is 1. The molecule has 2 heterocycles. The standard InChI is InChI=1S/C25H29N3O2S/c1-17-8-9-21(14-18(17)2)22-16-31-25(26-22)27-23(29)15-28-12-10-20(11-13-28)24(30)19-6-4-3-5-7-19/h3-9,14,16,20,24,30H,10-13,15H2,1-2H3,(H,26,27,29). The summed E-state index contributed by atoms with van der Waals surface area (Å²) in [6.45, 7) is 6.17. The Morgan fingerprint density at radius 2 is 1.90 bits per heavy atom. The number of rotatable bonds is 6. The molecule has 1 saturated heterocycles. The maximum atomic E-state index is 12.5. The van der Waals surface area contributed by atoms with E-state index < -0.39 is 6.10 Å². The maximum absolute atomic E-state index is 12.5. The first kappa shape index (κ1) is 21.7. The third-order valence-corrected chi connectivity index (χ3v) is 6.90. The summed E-state index contributed by atoms with van der Waals surface area (Å²) in [5.41, 5.74) is 5.42. The number of aryl methyl sites for hydroxylation is 2. The number of likely N-dealkylation sites (tertiary alicyclic amines) is 1. The Morgan fingerprint density at radius 3 is 2.61 bits per heavy atom. The van der Waals surface area contributed by atoms with Gasteiger partial charge in [-0.3, -0.25) is 9.69 Å². The molecule has 1 atom stereocenters. The van der Waals surface area contributed by atoms with Crippen molar-refractivity contribution in [3.63, 3.8) is 0 Å². The van der Waals surface area contributed by atoms with E-state index in [9.17, 15) is 9.90 Å². The molecule has 1 aliphatic heterocycles. The molecule has 1 amide bonds. The van der Waals surface area contributed by atoms with Gasteiger partial charge in [0.05, 0.1) is 18.3 Å². The minimum absolute atomic E-state index is 0.0388. The summed E-state index contributed by atoms with van der Waals surface area (Å²) >= 11 is 1.45. The van der Waals surface area contributed by atoms with Crippen LogP contribution in [0.2, 0.25) is 0 Å². The van der Waals surface area contributed by atoms with Crippen molar-refractivity contribution in [1.29, 1.82) is 0 Å². The van der Waals surface area contributed by atoms with Gasteiger partial charge in [-0.1, -0.05) is 42.5 Å². The molecule has 0 bridgehead atoms. The topological polar surface area (TPSA) is 65.5 Å². The van der Waals surface area contributed by atoms with Crippen molar-refractivity contribution >= 4 is 22.4 Å². The molecule has 6 heteroatoms. The zero-order valence-corrected chi connectivity index (χ0v) is 18.9. The van der Waals surface area contributed by atoms with Gasteiger partial charge in [-0.25, -0.2) is 4.98 Å². The number of carbonyl (C=O) groups excluding carboxylic acids is 1. The molecule has 31 heavy (non-hydrogen) atoms. The molecular weight excluding hydrogens is 406 g/mol. The maximum Gasteiger partial charge on any atom is 0.240 e. The van der Waals surface area contributed by atoms with Gasteiger partial charge in [0.15, 0.2) is 5.13 Å². The summed E-state index contributed by atoms with van der Waals surface area (Å²) in [6.07, 6.45) is 1.34. The Kier molecular flexibility index (Phi) is 6.80. The lowest BCUT2D eigenvalue weighted by molar-refractivity contribution is -0.117. The van der Waals surface area contributed by atoms with Gasteiger partial charge in [-0.15, -0.1) is 11.3 Å². The number of benzene rings is 2. The van der Waals surface area contributed by atoms with E-state index in [1.54, 1.807) is 0 Å². The molecule has 5 nitrogen and oxygen atoms in total. The molecule has 1 aliphatic rings. The Labute approximate surface area is 187 Å². The number of hydrogen-bond acceptors (Lipinski definition) is 5. The summed E-state index contributed by atoms with van der Waals surface area (Å²) in [5.74, 6) is 0.198.